The van der Waals surface area contributed by atoms with Gasteiger partial charge in [-0.1, -0.05) is 5.16 Å². The van der Waals surface area contributed by atoms with E-state index < -0.39 is 5.91 Å². The molecule has 1 aromatic carbocycles. The van der Waals surface area contributed by atoms with Gasteiger partial charge in [0.25, 0.3) is 5.91 Å². The van der Waals surface area contributed by atoms with Gasteiger partial charge in [-0.05, 0) is 56.5 Å². The highest BCUT2D eigenvalue weighted by Gasteiger charge is 2.09. The number of hydrazone groups is 1. The van der Waals surface area contributed by atoms with Crippen molar-refractivity contribution in [2.24, 2.45) is 5.10 Å². The summed E-state index contributed by atoms with van der Waals surface area (Å²) >= 11 is 6.41. The Kier molecular flexibility index (Phi) is 4.56. The normalized spacial score (nSPS) is 10.9. The number of aromatic hydroxyl groups is 1. The van der Waals surface area contributed by atoms with Gasteiger partial charge < -0.3 is 9.63 Å². The highest BCUT2D eigenvalue weighted by atomic mass is 79.9. The number of nitrogens with one attached hydrogen (secondary N) is 1. The number of hydrogen-bond acceptors (Lipinski definition) is 5. The minimum atomic E-state index is -0.463. The number of amides is 1. The zero-order valence-corrected chi connectivity index (χ0v) is 13.4. The second-order valence-corrected chi connectivity index (χ2v) is 5.56. The van der Waals surface area contributed by atoms with Gasteiger partial charge in [0.1, 0.15) is 11.5 Å². The molecule has 2 N–H and O–H groups in total. The monoisotopic (exact) mass is 401 g/mol. The summed E-state index contributed by atoms with van der Waals surface area (Å²) in [7, 11) is 0. The van der Waals surface area contributed by atoms with Crippen molar-refractivity contribution < 1.29 is 14.4 Å². The SMILES string of the molecule is Cc1cc(C(=O)N/N=C\c2cc(Br)c(O)c(Br)c2)no1. The third-order valence-electron chi connectivity index (χ3n) is 2.28. The summed E-state index contributed by atoms with van der Waals surface area (Å²) < 4.78 is 5.83. The minimum Gasteiger partial charge on any atom is -0.506 e. The van der Waals surface area contributed by atoms with E-state index in [1.807, 2.05) is 0 Å². The maximum atomic E-state index is 11.6. The van der Waals surface area contributed by atoms with Crippen molar-refractivity contribution in [3.05, 3.63) is 44.2 Å². The Morgan fingerprint density at radius 2 is 2.05 bits per heavy atom. The second-order valence-electron chi connectivity index (χ2n) is 3.86. The predicted octanol–water partition coefficient (Wildman–Crippen LogP) is 2.98. The highest BCUT2D eigenvalue weighted by Crippen LogP contribution is 2.32. The van der Waals surface area contributed by atoms with Crippen molar-refractivity contribution in [1.82, 2.24) is 10.6 Å². The molecule has 0 unspecified atom stereocenters. The smallest absolute Gasteiger partial charge is 0.293 e. The summed E-state index contributed by atoms with van der Waals surface area (Å²) in [6.07, 6.45) is 1.44. The molecule has 0 bridgehead atoms. The Balaban J connectivity index is 2.05. The quantitative estimate of drug-likeness (QED) is 0.610. The lowest BCUT2D eigenvalue weighted by Gasteiger charge is -2.01. The summed E-state index contributed by atoms with van der Waals surface area (Å²) in [6.45, 7) is 1.69. The number of carbonyl (C=O) groups excluding carboxylic acids is 1. The number of benzene rings is 1. The third-order valence-corrected chi connectivity index (χ3v) is 3.49. The van der Waals surface area contributed by atoms with Gasteiger partial charge >= 0.3 is 0 Å². The first-order valence-electron chi connectivity index (χ1n) is 5.42. The molecule has 0 saturated carbocycles. The van der Waals surface area contributed by atoms with E-state index in [1.54, 1.807) is 19.1 Å². The van der Waals surface area contributed by atoms with Crippen LogP contribution in [0.3, 0.4) is 0 Å². The van der Waals surface area contributed by atoms with E-state index >= 15 is 0 Å². The molecule has 20 heavy (non-hydrogen) atoms. The van der Waals surface area contributed by atoms with Crippen LogP contribution >= 0.6 is 31.9 Å². The van der Waals surface area contributed by atoms with Crippen LogP contribution in [0.5, 0.6) is 5.75 Å². The van der Waals surface area contributed by atoms with Gasteiger partial charge in [-0.15, -0.1) is 0 Å². The number of phenolic OH excluding ortho intramolecular Hbond substituents is 1. The van der Waals surface area contributed by atoms with Crippen molar-refractivity contribution in [1.29, 1.82) is 0 Å². The number of aryl methyl sites for hydroxylation is 1. The fraction of sp³-hybridized carbons (Fsp3) is 0.0833. The molecule has 8 heteroatoms. The standard InChI is InChI=1S/C12H9Br2N3O3/c1-6-2-10(17-20-6)12(19)16-15-5-7-3-8(13)11(18)9(14)4-7/h2-5,18H,1H3,(H,16,19)/b15-5-. The van der Waals surface area contributed by atoms with Crippen LogP contribution in [-0.4, -0.2) is 22.4 Å². The van der Waals surface area contributed by atoms with Crippen LogP contribution in [0.2, 0.25) is 0 Å². The lowest BCUT2D eigenvalue weighted by atomic mass is 10.2. The first-order valence-corrected chi connectivity index (χ1v) is 7.00. The molecule has 0 atom stereocenters. The van der Waals surface area contributed by atoms with Crippen LogP contribution in [0.15, 0.2) is 36.8 Å². The average molecular weight is 403 g/mol. The van der Waals surface area contributed by atoms with Crippen molar-refractivity contribution in [3.8, 4) is 5.75 Å². The number of halogens is 2. The van der Waals surface area contributed by atoms with Crippen molar-refractivity contribution in [3.63, 3.8) is 0 Å². The molecule has 0 saturated heterocycles. The summed E-state index contributed by atoms with van der Waals surface area (Å²) in [5.74, 6) is 0.185. The molecular weight excluding hydrogens is 394 g/mol. The zero-order valence-electron chi connectivity index (χ0n) is 10.2. The molecule has 1 aromatic heterocycles. The van der Waals surface area contributed by atoms with Gasteiger partial charge in [-0.2, -0.15) is 5.10 Å². The summed E-state index contributed by atoms with van der Waals surface area (Å²) in [5, 5.41) is 17.0. The zero-order chi connectivity index (χ0) is 14.7. The van der Waals surface area contributed by atoms with Gasteiger partial charge in [0.2, 0.25) is 0 Å². The molecule has 6 nitrogen and oxygen atoms in total. The van der Waals surface area contributed by atoms with Gasteiger partial charge in [-0.25, -0.2) is 5.43 Å². The topological polar surface area (TPSA) is 87.7 Å². The first-order chi connectivity index (χ1) is 9.47. The van der Waals surface area contributed by atoms with E-state index in [4.69, 9.17) is 4.52 Å². The Morgan fingerprint density at radius 3 is 2.60 bits per heavy atom. The lowest BCUT2D eigenvalue weighted by molar-refractivity contribution is 0.0946. The molecule has 0 aliphatic rings. The number of rotatable bonds is 3. The van der Waals surface area contributed by atoms with Gasteiger partial charge in [-0.3, -0.25) is 4.79 Å². The number of aromatic nitrogens is 1. The highest BCUT2D eigenvalue weighted by molar-refractivity contribution is 9.11. The first kappa shape index (κ1) is 14.7. The molecule has 0 spiro atoms. The average Bonchev–Trinajstić information content (AvgIpc) is 2.82. The van der Waals surface area contributed by atoms with Crippen LogP contribution in [0.4, 0.5) is 0 Å². The fourth-order valence-corrected chi connectivity index (χ4v) is 2.58. The Bertz CT molecular complexity index is 659. The van der Waals surface area contributed by atoms with Crippen molar-refractivity contribution in [2.45, 2.75) is 6.92 Å². The van der Waals surface area contributed by atoms with Crippen LogP contribution in [-0.2, 0) is 0 Å². The van der Waals surface area contributed by atoms with E-state index in [9.17, 15) is 9.90 Å². The number of nitrogens with zero attached hydrogens (tertiary/aromatic N) is 2. The number of hydrogen-bond donors (Lipinski definition) is 2. The van der Waals surface area contributed by atoms with Crippen LogP contribution in [0.25, 0.3) is 0 Å². The molecule has 1 heterocycles. The predicted molar refractivity (Wildman–Crippen MR) is 79.8 cm³/mol. The van der Waals surface area contributed by atoms with Crippen molar-refractivity contribution in [2.75, 3.05) is 0 Å². The molecular formula is C12H9Br2N3O3. The second kappa shape index (κ2) is 6.19. The summed E-state index contributed by atoms with van der Waals surface area (Å²) in [4.78, 5) is 11.6. The van der Waals surface area contributed by atoms with E-state index in [0.29, 0.717) is 20.3 Å². The van der Waals surface area contributed by atoms with Gasteiger partial charge in [0.15, 0.2) is 5.69 Å². The lowest BCUT2D eigenvalue weighted by Crippen LogP contribution is -2.17. The largest absolute Gasteiger partial charge is 0.506 e. The Labute approximate surface area is 131 Å². The molecule has 1 amide bonds. The van der Waals surface area contributed by atoms with E-state index in [0.717, 1.165) is 0 Å². The van der Waals surface area contributed by atoms with Crippen LogP contribution < -0.4 is 5.43 Å². The minimum absolute atomic E-state index is 0.101. The molecule has 0 fully saturated rings. The maximum Gasteiger partial charge on any atom is 0.293 e. The maximum absolute atomic E-state index is 11.6. The third kappa shape index (κ3) is 3.45. The summed E-state index contributed by atoms with van der Waals surface area (Å²) in [5.41, 5.74) is 3.18. The van der Waals surface area contributed by atoms with Gasteiger partial charge in [0.05, 0.1) is 15.2 Å². The molecule has 104 valence electrons. The molecule has 2 aromatic rings. The number of carbonyl (C=O) groups is 1. The molecule has 2 rings (SSSR count). The van der Waals surface area contributed by atoms with E-state index in [-0.39, 0.29) is 11.4 Å². The Morgan fingerprint density at radius 1 is 1.40 bits per heavy atom. The molecule has 0 aliphatic carbocycles. The summed E-state index contributed by atoms with van der Waals surface area (Å²) in [6, 6.07) is 4.84. The van der Waals surface area contributed by atoms with E-state index in [2.05, 4.69) is 47.5 Å². The van der Waals surface area contributed by atoms with Gasteiger partial charge in [0, 0.05) is 6.07 Å². The Hall–Kier alpha value is -1.67. The number of phenols is 1. The van der Waals surface area contributed by atoms with Crippen molar-refractivity contribution >= 4 is 44.0 Å². The molecule has 0 radical (unpaired) electrons. The van der Waals surface area contributed by atoms with Crippen LogP contribution in [0, 0.1) is 6.92 Å². The van der Waals surface area contributed by atoms with Crippen LogP contribution in [0.1, 0.15) is 21.8 Å². The van der Waals surface area contributed by atoms with E-state index in [1.165, 1.54) is 12.3 Å². The molecule has 0 aliphatic heterocycles. The fourth-order valence-electron chi connectivity index (χ4n) is 1.36.